The van der Waals surface area contributed by atoms with Crippen molar-refractivity contribution in [1.82, 2.24) is 0 Å². The highest BCUT2D eigenvalue weighted by Gasteiger charge is 2.14. The normalized spacial score (nSPS) is 11.7. The lowest BCUT2D eigenvalue weighted by Crippen LogP contribution is -2.11. The Hall–Kier alpha value is -2.47. The fourth-order valence-electron chi connectivity index (χ4n) is 1.98. The van der Waals surface area contributed by atoms with Crippen LogP contribution in [-0.2, 0) is 17.4 Å². The first-order valence-electron chi connectivity index (χ1n) is 6.84. The number of carboxylic acids is 1. The molecular weight excluding hydrogens is 316 g/mol. The summed E-state index contributed by atoms with van der Waals surface area (Å²) in [4.78, 5) is 23.2. The highest BCUT2D eigenvalue weighted by molar-refractivity contribution is 7.85. The van der Waals surface area contributed by atoms with E-state index in [1.165, 1.54) is 24.5 Å². The molecule has 0 heterocycles. The number of ether oxygens (including phenoxy) is 1. The zero-order valence-corrected chi connectivity index (χ0v) is 13.3. The molecule has 0 bridgehead atoms. The predicted molar refractivity (Wildman–Crippen MR) is 87.4 cm³/mol. The summed E-state index contributed by atoms with van der Waals surface area (Å²) in [6.45, 7) is 0.261. The lowest BCUT2D eigenvalue weighted by molar-refractivity contribution is 0.0696. The van der Waals surface area contributed by atoms with Gasteiger partial charge in [-0.25, -0.2) is 4.79 Å². The molecule has 2 aromatic rings. The van der Waals surface area contributed by atoms with Crippen LogP contribution in [0.5, 0.6) is 5.75 Å². The number of carbonyl (C=O) groups is 2. The maximum Gasteiger partial charge on any atom is 0.335 e. The van der Waals surface area contributed by atoms with Crippen LogP contribution < -0.4 is 4.74 Å². The van der Waals surface area contributed by atoms with E-state index < -0.39 is 16.8 Å². The van der Waals surface area contributed by atoms with Crippen LogP contribution in [0.15, 0.2) is 48.5 Å². The average molecular weight is 332 g/mol. The molecule has 0 saturated heterocycles. The van der Waals surface area contributed by atoms with Gasteiger partial charge < -0.3 is 9.84 Å². The maximum atomic E-state index is 12.0. The van der Waals surface area contributed by atoms with Crippen LogP contribution >= 0.6 is 0 Å². The van der Waals surface area contributed by atoms with E-state index in [1.54, 1.807) is 0 Å². The Balaban J connectivity index is 2.24. The van der Waals surface area contributed by atoms with Gasteiger partial charge in [-0.3, -0.25) is 9.00 Å². The van der Waals surface area contributed by atoms with Gasteiger partial charge in [0, 0.05) is 22.6 Å². The standard InChI is InChI=1S/C17H16O5S/c1-23(21)11-16(18)13-7-14(17(19)20)9-15(8-13)22-10-12-5-3-2-4-6-12/h2-9H,10-11H2,1H3,(H,19,20)/t23-/m1/s1. The van der Waals surface area contributed by atoms with Gasteiger partial charge in [-0.2, -0.15) is 0 Å². The molecule has 0 spiro atoms. The molecule has 5 nitrogen and oxygen atoms in total. The molecule has 2 rings (SSSR count). The predicted octanol–water partition coefficient (Wildman–Crippen LogP) is 2.53. The third-order valence-electron chi connectivity index (χ3n) is 3.06. The second kappa shape index (κ2) is 7.69. The number of aromatic carboxylic acids is 1. The molecule has 23 heavy (non-hydrogen) atoms. The van der Waals surface area contributed by atoms with E-state index in [0.29, 0.717) is 5.75 Å². The topological polar surface area (TPSA) is 80.7 Å². The fourth-order valence-corrected chi connectivity index (χ4v) is 2.51. The van der Waals surface area contributed by atoms with Gasteiger partial charge in [-0.1, -0.05) is 30.3 Å². The van der Waals surface area contributed by atoms with Crippen LogP contribution in [-0.4, -0.2) is 33.1 Å². The molecule has 2 aromatic carbocycles. The molecule has 0 saturated carbocycles. The fraction of sp³-hybridized carbons (Fsp3) is 0.176. The zero-order chi connectivity index (χ0) is 16.8. The van der Waals surface area contributed by atoms with Crippen molar-refractivity contribution in [2.24, 2.45) is 0 Å². The Kier molecular flexibility index (Phi) is 5.65. The molecule has 0 aliphatic heterocycles. The van der Waals surface area contributed by atoms with Crippen molar-refractivity contribution in [2.75, 3.05) is 12.0 Å². The number of carboxylic acid groups (broad SMARTS) is 1. The van der Waals surface area contributed by atoms with E-state index in [0.717, 1.165) is 5.56 Å². The molecule has 0 unspecified atom stereocenters. The Morgan fingerprint density at radius 3 is 2.35 bits per heavy atom. The molecule has 0 amide bonds. The van der Waals surface area contributed by atoms with Crippen LogP contribution in [0.25, 0.3) is 0 Å². The minimum absolute atomic E-state index is 0.0409. The van der Waals surface area contributed by atoms with Crippen molar-refractivity contribution < 1.29 is 23.6 Å². The van der Waals surface area contributed by atoms with Crippen LogP contribution in [0.4, 0.5) is 0 Å². The van der Waals surface area contributed by atoms with Gasteiger partial charge >= 0.3 is 5.97 Å². The molecule has 120 valence electrons. The third-order valence-corrected chi connectivity index (χ3v) is 3.73. The zero-order valence-electron chi connectivity index (χ0n) is 12.5. The van der Waals surface area contributed by atoms with Crippen molar-refractivity contribution in [3.05, 3.63) is 65.2 Å². The van der Waals surface area contributed by atoms with E-state index in [2.05, 4.69) is 0 Å². The van der Waals surface area contributed by atoms with Crippen molar-refractivity contribution in [3.8, 4) is 5.75 Å². The van der Waals surface area contributed by atoms with Crippen molar-refractivity contribution in [2.45, 2.75) is 6.61 Å². The van der Waals surface area contributed by atoms with E-state index in [9.17, 15) is 13.8 Å². The average Bonchev–Trinajstić information content (AvgIpc) is 2.53. The molecule has 0 aliphatic rings. The summed E-state index contributed by atoms with van der Waals surface area (Å²) >= 11 is 0. The van der Waals surface area contributed by atoms with E-state index in [1.807, 2.05) is 30.3 Å². The van der Waals surface area contributed by atoms with Crippen molar-refractivity contribution >= 4 is 22.6 Å². The van der Waals surface area contributed by atoms with Gasteiger partial charge in [0.2, 0.25) is 0 Å². The van der Waals surface area contributed by atoms with Gasteiger partial charge in [-0.05, 0) is 23.8 Å². The Morgan fingerprint density at radius 2 is 1.74 bits per heavy atom. The summed E-state index contributed by atoms with van der Waals surface area (Å²) in [5.74, 6) is -1.39. The van der Waals surface area contributed by atoms with Crippen molar-refractivity contribution in [1.29, 1.82) is 0 Å². The molecular formula is C17H16O5S. The number of rotatable bonds is 7. The third kappa shape index (κ3) is 5.03. The first-order valence-corrected chi connectivity index (χ1v) is 8.57. The van der Waals surface area contributed by atoms with Gasteiger partial charge in [0.15, 0.2) is 5.78 Å². The SMILES string of the molecule is C[S@@](=O)CC(=O)c1cc(OCc2ccccc2)cc(C(=O)O)c1. The minimum atomic E-state index is -1.29. The lowest BCUT2D eigenvalue weighted by Gasteiger charge is -2.09. The first kappa shape index (κ1) is 16.9. The highest BCUT2D eigenvalue weighted by atomic mass is 32.2. The summed E-state index contributed by atoms with van der Waals surface area (Å²) in [6, 6.07) is 13.5. The summed E-state index contributed by atoms with van der Waals surface area (Å²) in [5, 5.41) is 9.16. The molecule has 1 N–H and O–H groups in total. The van der Waals surface area contributed by atoms with Gasteiger partial charge in [-0.15, -0.1) is 0 Å². The van der Waals surface area contributed by atoms with Gasteiger partial charge in [0.25, 0.3) is 0 Å². The van der Waals surface area contributed by atoms with Crippen LogP contribution in [0.1, 0.15) is 26.3 Å². The molecule has 1 atom stereocenters. The highest BCUT2D eigenvalue weighted by Crippen LogP contribution is 2.20. The quantitative estimate of drug-likeness (QED) is 0.788. The Bertz CT molecular complexity index is 740. The van der Waals surface area contributed by atoms with E-state index in [4.69, 9.17) is 9.84 Å². The smallest absolute Gasteiger partial charge is 0.335 e. The molecule has 6 heteroatoms. The van der Waals surface area contributed by atoms with E-state index in [-0.39, 0.29) is 29.3 Å². The van der Waals surface area contributed by atoms with Crippen LogP contribution in [0.2, 0.25) is 0 Å². The second-order valence-corrected chi connectivity index (χ2v) is 6.40. The summed E-state index contributed by atoms with van der Waals surface area (Å²) in [5.41, 5.74) is 1.07. The molecule has 0 radical (unpaired) electrons. The minimum Gasteiger partial charge on any atom is -0.489 e. The Morgan fingerprint density at radius 1 is 1.09 bits per heavy atom. The molecule has 0 aromatic heterocycles. The molecule has 0 fully saturated rings. The van der Waals surface area contributed by atoms with Gasteiger partial charge in [0.1, 0.15) is 12.4 Å². The summed E-state index contributed by atoms with van der Waals surface area (Å²) in [6.07, 6.45) is 1.42. The number of hydrogen-bond donors (Lipinski definition) is 1. The number of carbonyl (C=O) groups excluding carboxylic acids is 1. The number of hydrogen-bond acceptors (Lipinski definition) is 4. The van der Waals surface area contributed by atoms with Crippen molar-refractivity contribution in [3.63, 3.8) is 0 Å². The van der Waals surface area contributed by atoms with E-state index >= 15 is 0 Å². The largest absolute Gasteiger partial charge is 0.489 e. The lowest BCUT2D eigenvalue weighted by atomic mass is 10.1. The summed E-state index contributed by atoms with van der Waals surface area (Å²) < 4.78 is 16.8. The van der Waals surface area contributed by atoms with Crippen LogP contribution in [0.3, 0.4) is 0 Å². The second-order valence-electron chi connectivity index (χ2n) is 4.97. The number of benzene rings is 2. The van der Waals surface area contributed by atoms with Crippen LogP contribution in [0, 0.1) is 0 Å². The number of ketones is 1. The monoisotopic (exact) mass is 332 g/mol. The molecule has 0 aliphatic carbocycles. The maximum absolute atomic E-state index is 12.0. The Labute approximate surface area is 136 Å². The summed E-state index contributed by atoms with van der Waals surface area (Å²) in [7, 11) is -1.29. The van der Waals surface area contributed by atoms with Gasteiger partial charge in [0.05, 0.1) is 11.3 Å². The number of Topliss-reactive ketones (excluding diaryl/α,β-unsaturated/α-hetero) is 1. The first-order chi connectivity index (χ1) is 11.0.